The maximum absolute atomic E-state index is 12.9. The highest BCUT2D eigenvalue weighted by molar-refractivity contribution is 6.31. The molecule has 0 bridgehead atoms. The number of aromatic nitrogens is 1. The van der Waals surface area contributed by atoms with E-state index < -0.39 is 0 Å². The summed E-state index contributed by atoms with van der Waals surface area (Å²) >= 11 is 6.11. The summed E-state index contributed by atoms with van der Waals surface area (Å²) in [6.07, 6.45) is 5.01. The molecule has 1 aromatic carbocycles. The summed E-state index contributed by atoms with van der Waals surface area (Å²) in [6.45, 7) is 5.51. The van der Waals surface area contributed by atoms with Gasteiger partial charge < -0.3 is 4.90 Å². The van der Waals surface area contributed by atoms with Gasteiger partial charge in [0.1, 0.15) is 0 Å². The first-order chi connectivity index (χ1) is 13.0. The Morgan fingerprint density at radius 1 is 1.26 bits per heavy atom. The van der Waals surface area contributed by atoms with E-state index in [9.17, 15) is 9.59 Å². The highest BCUT2D eigenvalue weighted by Gasteiger charge is 2.35. The number of nitrogens with zero attached hydrogens (tertiary/aromatic N) is 3. The fraction of sp³-hybridized carbons (Fsp3) is 0.381. The smallest absolute Gasteiger partial charge is 0.259 e. The number of pyridine rings is 1. The molecular weight excluding hydrogens is 362 g/mol. The van der Waals surface area contributed by atoms with E-state index >= 15 is 0 Å². The predicted octanol–water partition coefficient (Wildman–Crippen LogP) is 3.87. The first kappa shape index (κ1) is 18.0. The van der Waals surface area contributed by atoms with Gasteiger partial charge in [-0.15, -0.1) is 0 Å². The van der Waals surface area contributed by atoms with Crippen LogP contribution in [-0.4, -0.2) is 34.8 Å². The third-order valence-electron chi connectivity index (χ3n) is 5.50. The summed E-state index contributed by atoms with van der Waals surface area (Å²) in [5.74, 6) is 0.655. The second-order valence-corrected chi connectivity index (χ2v) is 7.79. The number of carbonyl (C=O) groups excluding carboxylic acids is 2. The molecule has 140 valence electrons. The highest BCUT2D eigenvalue weighted by Crippen LogP contribution is 2.38. The van der Waals surface area contributed by atoms with Crippen molar-refractivity contribution in [1.29, 1.82) is 0 Å². The molecule has 2 amide bonds. The first-order valence-electron chi connectivity index (χ1n) is 9.32. The normalized spacial score (nSPS) is 19.2. The molecule has 0 N–H and O–H groups in total. The third kappa shape index (κ3) is 3.21. The molecule has 1 atom stereocenters. The number of likely N-dealkylation sites (tertiary alicyclic amines) is 1. The number of amides is 2. The van der Waals surface area contributed by atoms with Gasteiger partial charge in [0.25, 0.3) is 5.91 Å². The van der Waals surface area contributed by atoms with Crippen molar-refractivity contribution in [1.82, 2.24) is 9.88 Å². The Balaban J connectivity index is 1.50. The van der Waals surface area contributed by atoms with E-state index in [1.165, 1.54) is 0 Å². The van der Waals surface area contributed by atoms with Gasteiger partial charge in [-0.05, 0) is 54.7 Å². The number of fused-ring (bicyclic) bond motifs is 1. The van der Waals surface area contributed by atoms with Crippen molar-refractivity contribution >= 4 is 29.1 Å². The second kappa shape index (κ2) is 6.97. The van der Waals surface area contributed by atoms with Crippen molar-refractivity contribution < 1.29 is 9.59 Å². The number of hydrogen-bond acceptors (Lipinski definition) is 3. The Hall–Kier alpha value is -2.40. The number of rotatable bonds is 4. The van der Waals surface area contributed by atoms with Crippen molar-refractivity contribution in [3.63, 3.8) is 0 Å². The van der Waals surface area contributed by atoms with Crippen LogP contribution < -0.4 is 4.90 Å². The third-order valence-corrected chi connectivity index (χ3v) is 5.73. The van der Waals surface area contributed by atoms with Gasteiger partial charge in [0, 0.05) is 36.3 Å². The lowest BCUT2D eigenvalue weighted by Gasteiger charge is -2.39. The molecule has 5 nitrogen and oxygen atoms in total. The summed E-state index contributed by atoms with van der Waals surface area (Å²) in [5, 5.41) is 0.637. The van der Waals surface area contributed by atoms with Crippen LogP contribution in [0.3, 0.4) is 0 Å². The highest BCUT2D eigenvalue weighted by atomic mass is 35.5. The van der Waals surface area contributed by atoms with Crippen molar-refractivity contribution in [2.24, 2.45) is 5.92 Å². The molecule has 1 fully saturated rings. The minimum absolute atomic E-state index is 0.0171. The molecule has 2 aliphatic rings. The topological polar surface area (TPSA) is 53.5 Å². The standard InChI is InChI=1S/C21H22ClN3O2/c1-3-20(26)24-11-15(12-24)6-14-7-17(10-23-9-14)25-13(2)19-8-16(22)4-5-18(19)21(25)27/h4-5,7-10,13,15H,3,6,11-12H2,1-2H3/t13-/m1/s1. The maximum Gasteiger partial charge on any atom is 0.259 e. The van der Waals surface area contributed by atoms with Crippen molar-refractivity contribution in [2.45, 2.75) is 32.7 Å². The Bertz CT molecular complexity index is 908. The molecule has 0 radical (unpaired) electrons. The molecule has 0 unspecified atom stereocenters. The monoisotopic (exact) mass is 383 g/mol. The Kier molecular flexibility index (Phi) is 4.64. The zero-order valence-electron chi connectivity index (χ0n) is 15.5. The van der Waals surface area contributed by atoms with Crippen LogP contribution in [0.1, 0.15) is 47.8 Å². The lowest BCUT2D eigenvalue weighted by Crippen LogP contribution is -2.50. The lowest BCUT2D eigenvalue weighted by molar-refractivity contribution is -0.137. The largest absolute Gasteiger partial charge is 0.342 e. The molecule has 27 heavy (non-hydrogen) atoms. The molecular formula is C21H22ClN3O2. The molecule has 4 rings (SSSR count). The van der Waals surface area contributed by atoms with E-state index in [-0.39, 0.29) is 17.9 Å². The Labute approximate surface area is 163 Å². The predicted molar refractivity (Wildman–Crippen MR) is 105 cm³/mol. The van der Waals surface area contributed by atoms with E-state index in [1.54, 1.807) is 23.2 Å². The Morgan fingerprint density at radius 3 is 2.78 bits per heavy atom. The summed E-state index contributed by atoms with van der Waals surface area (Å²) in [6, 6.07) is 7.37. The maximum atomic E-state index is 12.9. The average molecular weight is 384 g/mol. The van der Waals surface area contributed by atoms with E-state index in [0.717, 1.165) is 36.3 Å². The SMILES string of the molecule is CCC(=O)N1CC(Cc2cncc(N3C(=O)c4ccc(Cl)cc4[C@H]3C)c2)C1. The number of carbonyl (C=O) groups is 2. The molecule has 1 saturated heterocycles. The number of anilines is 1. The fourth-order valence-corrected chi connectivity index (χ4v) is 4.22. The lowest BCUT2D eigenvalue weighted by atomic mass is 9.92. The van der Waals surface area contributed by atoms with Crippen LogP contribution in [0.15, 0.2) is 36.7 Å². The van der Waals surface area contributed by atoms with Gasteiger partial charge in [0.05, 0.1) is 17.9 Å². The first-order valence-corrected chi connectivity index (χ1v) is 9.70. The number of halogens is 1. The van der Waals surface area contributed by atoms with Gasteiger partial charge >= 0.3 is 0 Å². The average Bonchev–Trinajstić information content (AvgIpc) is 2.87. The minimum Gasteiger partial charge on any atom is -0.342 e. The molecule has 2 aliphatic heterocycles. The molecule has 2 aromatic rings. The molecule has 0 saturated carbocycles. The van der Waals surface area contributed by atoms with Gasteiger partial charge in [0.15, 0.2) is 0 Å². The Morgan fingerprint density at radius 2 is 2.04 bits per heavy atom. The molecule has 3 heterocycles. The van der Waals surface area contributed by atoms with E-state index in [4.69, 9.17) is 11.6 Å². The van der Waals surface area contributed by atoms with Gasteiger partial charge in [-0.25, -0.2) is 0 Å². The van der Waals surface area contributed by atoms with Crippen LogP contribution in [0.25, 0.3) is 0 Å². The van der Waals surface area contributed by atoms with Crippen molar-refractivity contribution in [3.05, 3.63) is 58.4 Å². The van der Waals surface area contributed by atoms with Crippen LogP contribution in [0.4, 0.5) is 5.69 Å². The molecule has 6 heteroatoms. The minimum atomic E-state index is -0.0791. The van der Waals surface area contributed by atoms with Crippen LogP contribution in [0, 0.1) is 5.92 Å². The quantitative estimate of drug-likeness (QED) is 0.805. The fourth-order valence-electron chi connectivity index (χ4n) is 4.04. The van der Waals surface area contributed by atoms with E-state index in [1.807, 2.05) is 37.1 Å². The summed E-state index contributed by atoms with van der Waals surface area (Å²) in [7, 11) is 0. The molecule has 1 aromatic heterocycles. The van der Waals surface area contributed by atoms with Gasteiger partial charge in [-0.3, -0.25) is 19.5 Å². The van der Waals surface area contributed by atoms with E-state index in [2.05, 4.69) is 4.98 Å². The molecule has 0 aliphatic carbocycles. The number of benzene rings is 1. The van der Waals surface area contributed by atoms with Crippen LogP contribution in [0.2, 0.25) is 5.02 Å². The van der Waals surface area contributed by atoms with Crippen LogP contribution in [0.5, 0.6) is 0 Å². The van der Waals surface area contributed by atoms with Gasteiger partial charge in [-0.2, -0.15) is 0 Å². The van der Waals surface area contributed by atoms with Gasteiger partial charge in [-0.1, -0.05) is 18.5 Å². The summed E-state index contributed by atoms with van der Waals surface area (Å²) in [4.78, 5) is 32.6. The van der Waals surface area contributed by atoms with E-state index in [0.29, 0.717) is 22.9 Å². The number of hydrogen-bond donors (Lipinski definition) is 0. The van der Waals surface area contributed by atoms with Crippen molar-refractivity contribution in [2.75, 3.05) is 18.0 Å². The van der Waals surface area contributed by atoms with Crippen LogP contribution >= 0.6 is 11.6 Å². The van der Waals surface area contributed by atoms with Crippen molar-refractivity contribution in [3.8, 4) is 0 Å². The second-order valence-electron chi connectivity index (χ2n) is 7.36. The summed E-state index contributed by atoms with van der Waals surface area (Å²) < 4.78 is 0. The zero-order chi connectivity index (χ0) is 19.1. The molecule has 0 spiro atoms. The summed E-state index contributed by atoms with van der Waals surface area (Å²) in [5.41, 5.74) is 3.55. The van der Waals surface area contributed by atoms with Gasteiger partial charge in [0.2, 0.25) is 5.91 Å². The zero-order valence-corrected chi connectivity index (χ0v) is 16.2. The van der Waals surface area contributed by atoms with Crippen LogP contribution in [-0.2, 0) is 11.2 Å².